The number of hydrogen-bond acceptors (Lipinski definition) is 3. The molecule has 1 amide bonds. The van der Waals surface area contributed by atoms with Crippen molar-refractivity contribution in [1.82, 2.24) is 10.2 Å². The van der Waals surface area contributed by atoms with E-state index in [4.69, 9.17) is 0 Å². The minimum absolute atomic E-state index is 0.0667. The van der Waals surface area contributed by atoms with E-state index in [0.29, 0.717) is 11.3 Å². The van der Waals surface area contributed by atoms with E-state index < -0.39 is 5.82 Å². The number of Topliss-reactive ketones (excluding diaryl/α,β-unsaturated/α-hetero) is 1. The van der Waals surface area contributed by atoms with Crippen LogP contribution in [-0.2, 0) is 4.79 Å². The number of benzene rings is 2. The number of amides is 1. The standard InChI is InChI=1S/C17H14FN3O2/c18-13-4-1-11(2-5-13)16(22)7-8-17(23)20-14-6-3-12-10-19-21-15(12)9-14/h1-6,9-10H,7-8H2,(H,19,21)(H,20,23). The summed E-state index contributed by atoms with van der Waals surface area (Å²) in [5.41, 5.74) is 1.87. The van der Waals surface area contributed by atoms with Crippen LogP contribution in [0.3, 0.4) is 0 Å². The molecule has 6 heteroatoms. The van der Waals surface area contributed by atoms with Crippen molar-refractivity contribution < 1.29 is 14.0 Å². The van der Waals surface area contributed by atoms with Crippen molar-refractivity contribution in [2.24, 2.45) is 0 Å². The van der Waals surface area contributed by atoms with E-state index >= 15 is 0 Å². The van der Waals surface area contributed by atoms with Gasteiger partial charge < -0.3 is 5.32 Å². The summed E-state index contributed by atoms with van der Waals surface area (Å²) >= 11 is 0. The molecule has 0 aliphatic rings. The average Bonchev–Trinajstić information content (AvgIpc) is 3.01. The number of carbonyl (C=O) groups excluding carboxylic acids is 2. The Morgan fingerprint density at radius 2 is 1.87 bits per heavy atom. The highest BCUT2D eigenvalue weighted by atomic mass is 19.1. The number of nitrogens with zero attached hydrogens (tertiary/aromatic N) is 1. The molecule has 0 radical (unpaired) electrons. The van der Waals surface area contributed by atoms with Crippen molar-refractivity contribution in [3.05, 3.63) is 60.0 Å². The van der Waals surface area contributed by atoms with Crippen LogP contribution in [0.2, 0.25) is 0 Å². The Morgan fingerprint density at radius 1 is 1.09 bits per heavy atom. The van der Waals surface area contributed by atoms with Crippen LogP contribution in [0.1, 0.15) is 23.2 Å². The molecule has 0 aliphatic carbocycles. The van der Waals surface area contributed by atoms with Gasteiger partial charge in [0.15, 0.2) is 5.78 Å². The molecule has 1 heterocycles. The molecule has 116 valence electrons. The second kappa shape index (κ2) is 6.39. The lowest BCUT2D eigenvalue weighted by Crippen LogP contribution is -2.13. The number of aromatic amines is 1. The normalized spacial score (nSPS) is 10.7. The van der Waals surface area contributed by atoms with Gasteiger partial charge in [0.1, 0.15) is 5.82 Å². The van der Waals surface area contributed by atoms with Gasteiger partial charge in [-0.2, -0.15) is 5.10 Å². The molecular formula is C17H14FN3O2. The number of fused-ring (bicyclic) bond motifs is 1. The highest BCUT2D eigenvalue weighted by Gasteiger charge is 2.10. The monoisotopic (exact) mass is 311 g/mol. The lowest BCUT2D eigenvalue weighted by atomic mass is 10.1. The van der Waals surface area contributed by atoms with Crippen LogP contribution in [-0.4, -0.2) is 21.9 Å². The van der Waals surface area contributed by atoms with Gasteiger partial charge in [-0.1, -0.05) is 0 Å². The van der Waals surface area contributed by atoms with Crippen molar-refractivity contribution in [2.45, 2.75) is 12.8 Å². The van der Waals surface area contributed by atoms with Crippen LogP contribution in [0, 0.1) is 5.82 Å². The smallest absolute Gasteiger partial charge is 0.224 e. The Balaban J connectivity index is 1.56. The van der Waals surface area contributed by atoms with E-state index in [2.05, 4.69) is 15.5 Å². The van der Waals surface area contributed by atoms with Crippen molar-refractivity contribution in [2.75, 3.05) is 5.32 Å². The lowest BCUT2D eigenvalue weighted by Gasteiger charge is -2.05. The summed E-state index contributed by atoms with van der Waals surface area (Å²) < 4.78 is 12.8. The number of H-pyrrole nitrogens is 1. The highest BCUT2D eigenvalue weighted by molar-refractivity contribution is 6.00. The summed E-state index contributed by atoms with van der Waals surface area (Å²) in [7, 11) is 0. The number of anilines is 1. The maximum absolute atomic E-state index is 12.8. The number of nitrogens with one attached hydrogen (secondary N) is 2. The second-order valence-electron chi connectivity index (χ2n) is 5.15. The Kier molecular flexibility index (Phi) is 4.14. The Morgan fingerprint density at radius 3 is 2.65 bits per heavy atom. The molecule has 0 atom stereocenters. The fourth-order valence-electron chi connectivity index (χ4n) is 2.25. The van der Waals surface area contributed by atoms with Crippen LogP contribution >= 0.6 is 0 Å². The van der Waals surface area contributed by atoms with E-state index in [-0.39, 0.29) is 24.5 Å². The summed E-state index contributed by atoms with van der Waals surface area (Å²) in [6.07, 6.45) is 1.84. The minimum atomic E-state index is -0.395. The van der Waals surface area contributed by atoms with Gasteiger partial charge in [-0.05, 0) is 42.5 Å². The summed E-state index contributed by atoms with van der Waals surface area (Å²) in [5.74, 6) is -0.836. The first-order chi connectivity index (χ1) is 11.1. The van der Waals surface area contributed by atoms with E-state index in [9.17, 15) is 14.0 Å². The fraction of sp³-hybridized carbons (Fsp3) is 0.118. The van der Waals surface area contributed by atoms with Crippen LogP contribution < -0.4 is 5.32 Å². The number of aromatic nitrogens is 2. The number of rotatable bonds is 5. The fourth-order valence-corrected chi connectivity index (χ4v) is 2.25. The summed E-state index contributed by atoms with van der Waals surface area (Å²) in [6, 6.07) is 10.7. The van der Waals surface area contributed by atoms with Gasteiger partial charge in [0.05, 0.1) is 11.7 Å². The Hall–Kier alpha value is -3.02. The lowest BCUT2D eigenvalue weighted by molar-refractivity contribution is -0.116. The number of hydrogen-bond donors (Lipinski definition) is 2. The molecule has 1 aromatic heterocycles. The van der Waals surface area contributed by atoms with Crippen molar-refractivity contribution in [3.8, 4) is 0 Å². The van der Waals surface area contributed by atoms with Gasteiger partial charge in [-0.15, -0.1) is 0 Å². The number of ketones is 1. The SMILES string of the molecule is O=C(CCC(=O)c1ccc(F)cc1)Nc1ccc2cn[nH]c2c1. The van der Waals surface area contributed by atoms with E-state index in [1.807, 2.05) is 6.07 Å². The molecule has 0 saturated heterocycles. The van der Waals surface area contributed by atoms with Gasteiger partial charge in [0.25, 0.3) is 0 Å². The van der Waals surface area contributed by atoms with Crippen LogP contribution in [0.15, 0.2) is 48.7 Å². The first-order valence-electron chi connectivity index (χ1n) is 7.13. The minimum Gasteiger partial charge on any atom is -0.326 e. The molecule has 3 rings (SSSR count). The zero-order valence-electron chi connectivity index (χ0n) is 12.2. The Bertz CT molecular complexity index is 856. The van der Waals surface area contributed by atoms with Gasteiger partial charge in [0.2, 0.25) is 5.91 Å². The molecule has 0 saturated carbocycles. The van der Waals surface area contributed by atoms with Crippen molar-refractivity contribution in [1.29, 1.82) is 0 Å². The topological polar surface area (TPSA) is 74.8 Å². The molecule has 5 nitrogen and oxygen atoms in total. The van der Waals surface area contributed by atoms with Gasteiger partial charge >= 0.3 is 0 Å². The second-order valence-corrected chi connectivity index (χ2v) is 5.15. The van der Waals surface area contributed by atoms with Crippen LogP contribution in [0.5, 0.6) is 0 Å². The summed E-state index contributed by atoms with van der Waals surface area (Å²) in [6.45, 7) is 0. The van der Waals surface area contributed by atoms with E-state index in [0.717, 1.165) is 10.9 Å². The van der Waals surface area contributed by atoms with Crippen LogP contribution in [0.25, 0.3) is 10.9 Å². The van der Waals surface area contributed by atoms with Gasteiger partial charge in [-0.3, -0.25) is 14.7 Å². The Labute approximate surface area is 131 Å². The molecule has 2 N–H and O–H groups in total. The van der Waals surface area contributed by atoms with Crippen molar-refractivity contribution in [3.63, 3.8) is 0 Å². The predicted molar refractivity (Wildman–Crippen MR) is 84.7 cm³/mol. The summed E-state index contributed by atoms with van der Waals surface area (Å²) in [5, 5.41) is 10.4. The number of carbonyl (C=O) groups is 2. The van der Waals surface area contributed by atoms with Gasteiger partial charge in [0, 0.05) is 29.5 Å². The third-order valence-corrected chi connectivity index (χ3v) is 3.47. The molecular weight excluding hydrogens is 297 g/mol. The quantitative estimate of drug-likeness (QED) is 0.710. The highest BCUT2D eigenvalue weighted by Crippen LogP contribution is 2.17. The molecule has 2 aromatic carbocycles. The summed E-state index contributed by atoms with van der Waals surface area (Å²) in [4.78, 5) is 23.9. The first kappa shape index (κ1) is 14.9. The number of halogens is 1. The maximum atomic E-state index is 12.8. The first-order valence-corrected chi connectivity index (χ1v) is 7.13. The molecule has 0 spiro atoms. The maximum Gasteiger partial charge on any atom is 0.224 e. The third-order valence-electron chi connectivity index (χ3n) is 3.47. The predicted octanol–water partition coefficient (Wildman–Crippen LogP) is 3.30. The molecule has 3 aromatic rings. The van der Waals surface area contributed by atoms with Gasteiger partial charge in [-0.25, -0.2) is 4.39 Å². The molecule has 23 heavy (non-hydrogen) atoms. The van der Waals surface area contributed by atoms with Crippen LogP contribution in [0.4, 0.5) is 10.1 Å². The zero-order chi connectivity index (χ0) is 16.2. The molecule has 0 fully saturated rings. The van der Waals surface area contributed by atoms with E-state index in [1.54, 1.807) is 18.3 Å². The molecule has 0 unspecified atom stereocenters. The molecule has 0 bridgehead atoms. The molecule has 0 aliphatic heterocycles. The van der Waals surface area contributed by atoms with E-state index in [1.165, 1.54) is 24.3 Å². The zero-order valence-corrected chi connectivity index (χ0v) is 12.2. The largest absolute Gasteiger partial charge is 0.326 e. The van der Waals surface area contributed by atoms with Crippen molar-refractivity contribution >= 4 is 28.3 Å². The third kappa shape index (κ3) is 3.60. The average molecular weight is 311 g/mol.